The van der Waals surface area contributed by atoms with E-state index < -0.39 is 0 Å². The summed E-state index contributed by atoms with van der Waals surface area (Å²) in [6.07, 6.45) is 4.92. The van der Waals surface area contributed by atoms with Crippen LogP contribution in [0.25, 0.3) is 16.5 Å². The van der Waals surface area contributed by atoms with Crippen molar-refractivity contribution in [3.05, 3.63) is 75.9 Å². The number of Topliss-reactive ketones (excluding diaryl/α,β-unsaturated/α-hetero) is 1. The summed E-state index contributed by atoms with van der Waals surface area (Å²) in [4.78, 5) is 29.3. The topological polar surface area (TPSA) is 68.3 Å². The van der Waals surface area contributed by atoms with Crippen LogP contribution in [0.3, 0.4) is 0 Å². The summed E-state index contributed by atoms with van der Waals surface area (Å²) in [6, 6.07) is 12.9. The number of amides is 1. The molecular formula is C23H21ClN2O3S. The fourth-order valence-corrected chi connectivity index (χ4v) is 3.82. The number of halogens is 1. The molecule has 1 amide bonds. The van der Waals surface area contributed by atoms with Crippen LogP contribution in [0.2, 0.25) is 5.02 Å². The number of nitrogens with one attached hydrogen (secondary N) is 1. The van der Waals surface area contributed by atoms with Gasteiger partial charge in [0.2, 0.25) is 5.91 Å². The molecule has 0 saturated carbocycles. The molecule has 3 aromatic rings. The van der Waals surface area contributed by atoms with Crippen LogP contribution >= 0.6 is 22.9 Å². The lowest BCUT2D eigenvalue weighted by Crippen LogP contribution is -2.26. The van der Waals surface area contributed by atoms with Gasteiger partial charge in [-0.2, -0.15) is 0 Å². The Bertz CT molecular complexity index is 1090. The summed E-state index contributed by atoms with van der Waals surface area (Å²) < 4.78 is 5.67. The lowest BCUT2D eigenvalue weighted by Gasteiger charge is -2.09. The highest BCUT2D eigenvalue weighted by Crippen LogP contribution is 2.34. The van der Waals surface area contributed by atoms with Gasteiger partial charge in [0.1, 0.15) is 12.4 Å². The van der Waals surface area contributed by atoms with Crippen LogP contribution in [0.15, 0.2) is 54.7 Å². The molecule has 0 saturated heterocycles. The van der Waals surface area contributed by atoms with Gasteiger partial charge in [0, 0.05) is 22.8 Å². The maximum Gasteiger partial charge on any atom is 0.244 e. The Kier molecular flexibility index (Phi) is 7.38. The van der Waals surface area contributed by atoms with Gasteiger partial charge in [-0.1, -0.05) is 17.7 Å². The van der Waals surface area contributed by atoms with E-state index in [0.717, 1.165) is 21.7 Å². The number of ketones is 1. The molecular weight excluding hydrogens is 420 g/mol. The van der Waals surface area contributed by atoms with E-state index in [1.54, 1.807) is 25.3 Å². The molecule has 2 heterocycles. The van der Waals surface area contributed by atoms with E-state index in [4.69, 9.17) is 16.3 Å². The third-order valence-corrected chi connectivity index (χ3v) is 5.82. The molecule has 1 aromatic carbocycles. The van der Waals surface area contributed by atoms with E-state index >= 15 is 0 Å². The third kappa shape index (κ3) is 5.78. The van der Waals surface area contributed by atoms with E-state index in [1.165, 1.54) is 17.4 Å². The first-order valence-corrected chi connectivity index (χ1v) is 10.5. The van der Waals surface area contributed by atoms with Crippen molar-refractivity contribution >= 4 is 40.7 Å². The van der Waals surface area contributed by atoms with Gasteiger partial charge in [0.15, 0.2) is 5.78 Å². The normalized spacial score (nSPS) is 10.9. The number of aryl methyl sites for hydroxylation is 1. The Balaban J connectivity index is 1.49. The monoisotopic (exact) mass is 440 g/mol. The number of benzene rings is 1. The van der Waals surface area contributed by atoms with Crippen LogP contribution in [0.4, 0.5) is 0 Å². The molecule has 0 bridgehead atoms. The van der Waals surface area contributed by atoms with Crippen LogP contribution in [-0.4, -0.2) is 29.8 Å². The van der Waals surface area contributed by atoms with Gasteiger partial charge in [-0.05, 0) is 67.4 Å². The number of hydrogen-bond acceptors (Lipinski definition) is 5. The zero-order valence-electron chi connectivity index (χ0n) is 16.6. The number of aromatic nitrogens is 1. The maximum atomic E-state index is 11.9. The number of thiophene rings is 1. The molecule has 0 spiro atoms. The van der Waals surface area contributed by atoms with Crippen LogP contribution in [0.1, 0.15) is 27.9 Å². The summed E-state index contributed by atoms with van der Waals surface area (Å²) in [5, 5.41) is 3.24. The average molecular weight is 441 g/mol. The Morgan fingerprint density at radius 1 is 1.23 bits per heavy atom. The minimum absolute atomic E-state index is 0.0461. The lowest BCUT2D eigenvalue weighted by atomic mass is 10.2. The van der Waals surface area contributed by atoms with Gasteiger partial charge in [-0.15, -0.1) is 11.3 Å². The maximum absolute atomic E-state index is 11.9. The number of pyridine rings is 1. The summed E-state index contributed by atoms with van der Waals surface area (Å²) in [5.74, 6) is 0.381. The Morgan fingerprint density at radius 2 is 2.07 bits per heavy atom. The fourth-order valence-electron chi connectivity index (χ4n) is 2.69. The summed E-state index contributed by atoms with van der Waals surface area (Å²) in [7, 11) is 0. The van der Waals surface area contributed by atoms with Crippen molar-refractivity contribution in [3.63, 3.8) is 0 Å². The molecule has 0 aliphatic carbocycles. The van der Waals surface area contributed by atoms with Gasteiger partial charge in [-0.3, -0.25) is 14.6 Å². The second-order valence-corrected chi connectivity index (χ2v) is 8.01. The highest BCUT2D eigenvalue weighted by molar-refractivity contribution is 7.17. The number of ether oxygens (including phenoxy) is 1. The third-order valence-electron chi connectivity index (χ3n) is 4.29. The number of nitrogens with zero attached hydrogens (tertiary/aromatic N) is 1. The molecule has 0 radical (unpaired) electrons. The summed E-state index contributed by atoms with van der Waals surface area (Å²) in [5.41, 5.74) is 2.69. The zero-order valence-corrected chi connectivity index (χ0v) is 18.2. The molecule has 0 unspecified atom stereocenters. The van der Waals surface area contributed by atoms with Gasteiger partial charge >= 0.3 is 0 Å². The number of hydrogen-bond donors (Lipinski definition) is 1. The predicted octanol–water partition coefficient (Wildman–Crippen LogP) is 5.18. The second-order valence-electron chi connectivity index (χ2n) is 6.52. The molecule has 30 heavy (non-hydrogen) atoms. The van der Waals surface area contributed by atoms with E-state index in [2.05, 4.69) is 10.3 Å². The molecule has 0 fully saturated rings. The van der Waals surface area contributed by atoms with Crippen molar-refractivity contribution in [2.45, 2.75) is 13.8 Å². The molecule has 0 atom stereocenters. The van der Waals surface area contributed by atoms with Gasteiger partial charge < -0.3 is 10.1 Å². The smallest absolute Gasteiger partial charge is 0.244 e. The first-order valence-electron chi connectivity index (χ1n) is 9.35. The van der Waals surface area contributed by atoms with E-state index in [9.17, 15) is 9.59 Å². The van der Waals surface area contributed by atoms with Crippen molar-refractivity contribution in [3.8, 4) is 16.2 Å². The Morgan fingerprint density at radius 3 is 2.77 bits per heavy atom. The quantitative estimate of drug-likeness (QED) is 0.297. The number of carbonyl (C=O) groups is 2. The zero-order chi connectivity index (χ0) is 21.5. The molecule has 2 aromatic heterocycles. The van der Waals surface area contributed by atoms with Crippen molar-refractivity contribution in [2.24, 2.45) is 0 Å². The largest absolute Gasteiger partial charge is 0.490 e. The summed E-state index contributed by atoms with van der Waals surface area (Å²) >= 11 is 7.76. The van der Waals surface area contributed by atoms with Gasteiger partial charge in [-0.25, -0.2) is 0 Å². The molecule has 0 aliphatic rings. The van der Waals surface area contributed by atoms with E-state index in [0.29, 0.717) is 22.2 Å². The first kappa shape index (κ1) is 21.7. The molecule has 1 N–H and O–H groups in total. The van der Waals surface area contributed by atoms with Crippen molar-refractivity contribution in [2.75, 3.05) is 13.2 Å². The number of rotatable bonds is 8. The first-order chi connectivity index (χ1) is 14.4. The molecule has 154 valence electrons. The van der Waals surface area contributed by atoms with Crippen molar-refractivity contribution < 1.29 is 14.3 Å². The minimum Gasteiger partial charge on any atom is -0.490 e. The second kappa shape index (κ2) is 10.2. The average Bonchev–Trinajstić information content (AvgIpc) is 3.22. The predicted molar refractivity (Wildman–Crippen MR) is 121 cm³/mol. The van der Waals surface area contributed by atoms with Crippen molar-refractivity contribution in [1.29, 1.82) is 0 Å². The van der Waals surface area contributed by atoms with Gasteiger partial charge in [0.05, 0.1) is 16.4 Å². The highest BCUT2D eigenvalue weighted by Gasteiger charge is 2.09. The van der Waals surface area contributed by atoms with Crippen LogP contribution < -0.4 is 10.1 Å². The standard InChI is InChI=1S/C23H21ClN2O3S/c1-15-17(4-3-11-25-15)6-10-23(28)26-12-13-29-20-7-5-18(14-19(20)24)22-9-8-21(30-22)16(2)27/h3-11,14H,12-13H2,1-2H3,(H,26,28). The SMILES string of the molecule is CC(=O)c1ccc(-c2ccc(OCCNC(=O)C=Cc3cccnc3C)c(Cl)c2)s1. The Hall–Kier alpha value is -2.96. The van der Waals surface area contributed by atoms with Crippen LogP contribution in [-0.2, 0) is 4.79 Å². The summed E-state index contributed by atoms with van der Waals surface area (Å²) in [6.45, 7) is 4.08. The van der Waals surface area contributed by atoms with E-state index in [-0.39, 0.29) is 18.3 Å². The molecule has 0 aliphatic heterocycles. The number of carbonyl (C=O) groups excluding carboxylic acids is 2. The molecule has 7 heteroatoms. The lowest BCUT2D eigenvalue weighted by molar-refractivity contribution is -0.116. The van der Waals surface area contributed by atoms with Gasteiger partial charge in [0.25, 0.3) is 0 Å². The van der Waals surface area contributed by atoms with Crippen molar-refractivity contribution in [1.82, 2.24) is 10.3 Å². The van der Waals surface area contributed by atoms with Crippen LogP contribution in [0, 0.1) is 6.92 Å². The Labute approximate surface area is 184 Å². The minimum atomic E-state index is -0.206. The highest BCUT2D eigenvalue weighted by atomic mass is 35.5. The fraction of sp³-hybridized carbons (Fsp3) is 0.174. The molecule has 5 nitrogen and oxygen atoms in total. The molecule has 3 rings (SSSR count). The van der Waals surface area contributed by atoms with E-state index in [1.807, 2.05) is 43.3 Å². The van der Waals surface area contributed by atoms with Crippen LogP contribution in [0.5, 0.6) is 5.75 Å².